The second kappa shape index (κ2) is 15.1. The Balaban J connectivity index is 1.01. The summed E-state index contributed by atoms with van der Waals surface area (Å²) in [5.74, 6) is 0. The Kier molecular flexibility index (Phi) is 8.87. The van der Waals surface area contributed by atoms with Crippen molar-refractivity contribution in [1.82, 2.24) is 0 Å². The normalized spacial score (nSPS) is 11.3. The van der Waals surface area contributed by atoms with Crippen LogP contribution in [-0.4, -0.2) is 0 Å². The molecule has 0 aliphatic carbocycles. The van der Waals surface area contributed by atoms with Gasteiger partial charge < -0.3 is 9.32 Å². The van der Waals surface area contributed by atoms with Crippen LogP contribution in [0.1, 0.15) is 0 Å². The highest BCUT2D eigenvalue weighted by atomic mass is 16.3. The first-order chi connectivity index (χ1) is 29.7. The number of nitrogens with zero attached hydrogens (tertiary/aromatic N) is 1. The number of para-hydroxylation sites is 2. The van der Waals surface area contributed by atoms with Crippen molar-refractivity contribution < 1.29 is 4.42 Å². The summed E-state index contributed by atoms with van der Waals surface area (Å²) in [5.41, 5.74) is 16.9. The zero-order valence-electron chi connectivity index (χ0n) is 32.9. The molecule has 2 nitrogen and oxygen atoms in total. The van der Waals surface area contributed by atoms with E-state index in [9.17, 15) is 0 Å². The third-order valence-corrected chi connectivity index (χ3v) is 11.7. The molecular formula is C58H39NO. The lowest BCUT2D eigenvalue weighted by Crippen LogP contribution is -2.11. The third-order valence-electron chi connectivity index (χ3n) is 11.7. The van der Waals surface area contributed by atoms with E-state index in [4.69, 9.17) is 4.42 Å². The van der Waals surface area contributed by atoms with Crippen molar-refractivity contribution in [2.24, 2.45) is 0 Å². The van der Waals surface area contributed by atoms with Crippen LogP contribution in [0.15, 0.2) is 241 Å². The van der Waals surface area contributed by atoms with Gasteiger partial charge in [0.1, 0.15) is 11.2 Å². The lowest BCUT2D eigenvalue weighted by Gasteiger charge is -2.28. The Labute approximate surface area is 349 Å². The predicted octanol–water partition coefficient (Wildman–Crippen LogP) is 16.5. The SMILES string of the molecule is c1ccc(-c2ccc(-c3ccc(N(c4ccc(-c5ccccc5-c5cccc6ccccc56)cc4)c4ccccc4-c4ccc5oc6ccccc6c5c4)cc3)cc2)cc1. The van der Waals surface area contributed by atoms with Gasteiger partial charge in [-0.2, -0.15) is 0 Å². The molecule has 1 aromatic heterocycles. The molecule has 0 unspecified atom stereocenters. The highest BCUT2D eigenvalue weighted by Gasteiger charge is 2.19. The highest BCUT2D eigenvalue weighted by molar-refractivity contribution is 6.07. The fourth-order valence-electron chi connectivity index (χ4n) is 8.74. The van der Waals surface area contributed by atoms with Crippen molar-refractivity contribution in [2.45, 2.75) is 0 Å². The van der Waals surface area contributed by atoms with Gasteiger partial charge in [-0.1, -0.05) is 188 Å². The number of hydrogen-bond acceptors (Lipinski definition) is 2. The summed E-state index contributed by atoms with van der Waals surface area (Å²) >= 11 is 0. The monoisotopic (exact) mass is 765 g/mol. The molecule has 0 radical (unpaired) electrons. The molecule has 11 aromatic rings. The van der Waals surface area contributed by atoms with E-state index in [2.05, 4.69) is 229 Å². The van der Waals surface area contributed by atoms with Crippen molar-refractivity contribution in [2.75, 3.05) is 4.90 Å². The average Bonchev–Trinajstić information content (AvgIpc) is 3.71. The lowest BCUT2D eigenvalue weighted by atomic mass is 9.91. The van der Waals surface area contributed by atoms with Crippen LogP contribution in [0.2, 0.25) is 0 Å². The van der Waals surface area contributed by atoms with Gasteiger partial charge >= 0.3 is 0 Å². The Hall–Kier alpha value is -7.94. The van der Waals surface area contributed by atoms with E-state index in [-0.39, 0.29) is 0 Å². The first-order valence-corrected chi connectivity index (χ1v) is 20.5. The molecule has 10 aromatic carbocycles. The summed E-state index contributed by atoms with van der Waals surface area (Å²) in [6, 6.07) is 84.9. The van der Waals surface area contributed by atoms with Crippen LogP contribution < -0.4 is 4.90 Å². The summed E-state index contributed by atoms with van der Waals surface area (Å²) in [5, 5.41) is 4.73. The van der Waals surface area contributed by atoms with Gasteiger partial charge in [0.25, 0.3) is 0 Å². The van der Waals surface area contributed by atoms with Gasteiger partial charge in [0.2, 0.25) is 0 Å². The van der Waals surface area contributed by atoms with E-state index in [1.54, 1.807) is 0 Å². The number of fused-ring (bicyclic) bond motifs is 4. The quantitative estimate of drug-likeness (QED) is 0.153. The van der Waals surface area contributed by atoms with Gasteiger partial charge in [-0.05, 0) is 109 Å². The van der Waals surface area contributed by atoms with Gasteiger partial charge in [0.05, 0.1) is 5.69 Å². The highest BCUT2D eigenvalue weighted by Crippen LogP contribution is 2.44. The zero-order chi connectivity index (χ0) is 39.8. The Morgan fingerprint density at radius 1 is 0.267 bits per heavy atom. The van der Waals surface area contributed by atoms with Gasteiger partial charge in [-0.25, -0.2) is 0 Å². The molecule has 0 saturated heterocycles. The van der Waals surface area contributed by atoms with Crippen LogP contribution in [-0.2, 0) is 0 Å². The van der Waals surface area contributed by atoms with Crippen molar-refractivity contribution >= 4 is 49.8 Å². The molecule has 282 valence electrons. The minimum atomic E-state index is 0.890. The largest absolute Gasteiger partial charge is 0.456 e. The van der Waals surface area contributed by atoms with Gasteiger partial charge in [0.15, 0.2) is 0 Å². The summed E-state index contributed by atoms with van der Waals surface area (Å²) < 4.78 is 6.23. The Morgan fingerprint density at radius 2 is 0.750 bits per heavy atom. The molecule has 0 amide bonds. The first kappa shape index (κ1) is 35.2. The molecule has 1 heterocycles. The Morgan fingerprint density at radius 3 is 1.48 bits per heavy atom. The molecule has 0 aliphatic heterocycles. The van der Waals surface area contributed by atoms with Gasteiger partial charge in [0, 0.05) is 27.7 Å². The summed E-state index contributed by atoms with van der Waals surface area (Å²) in [6.45, 7) is 0. The van der Waals surface area contributed by atoms with E-state index < -0.39 is 0 Å². The average molecular weight is 766 g/mol. The van der Waals surface area contributed by atoms with E-state index in [1.807, 2.05) is 12.1 Å². The lowest BCUT2D eigenvalue weighted by molar-refractivity contribution is 0.669. The molecule has 0 fully saturated rings. The first-order valence-electron chi connectivity index (χ1n) is 20.5. The fraction of sp³-hybridized carbons (Fsp3) is 0. The number of anilines is 3. The van der Waals surface area contributed by atoms with Crippen LogP contribution in [0.4, 0.5) is 17.1 Å². The second-order valence-electron chi connectivity index (χ2n) is 15.3. The summed E-state index contributed by atoms with van der Waals surface area (Å²) in [7, 11) is 0. The van der Waals surface area contributed by atoms with Gasteiger partial charge in [-0.3, -0.25) is 0 Å². The molecule has 0 spiro atoms. The maximum Gasteiger partial charge on any atom is 0.135 e. The number of rotatable bonds is 8. The van der Waals surface area contributed by atoms with E-state index in [1.165, 1.54) is 55.3 Å². The van der Waals surface area contributed by atoms with E-state index in [0.29, 0.717) is 0 Å². The number of furan rings is 1. The minimum absolute atomic E-state index is 0.890. The molecule has 60 heavy (non-hydrogen) atoms. The van der Waals surface area contributed by atoms with Crippen LogP contribution in [0.3, 0.4) is 0 Å². The van der Waals surface area contributed by atoms with Crippen molar-refractivity contribution in [3.63, 3.8) is 0 Å². The molecule has 0 atom stereocenters. The van der Waals surface area contributed by atoms with Crippen molar-refractivity contribution in [3.05, 3.63) is 237 Å². The minimum Gasteiger partial charge on any atom is -0.456 e. The topological polar surface area (TPSA) is 16.4 Å². The van der Waals surface area contributed by atoms with Crippen LogP contribution >= 0.6 is 0 Å². The van der Waals surface area contributed by atoms with Crippen LogP contribution in [0.5, 0.6) is 0 Å². The molecule has 2 heteroatoms. The fourth-order valence-corrected chi connectivity index (χ4v) is 8.74. The standard InChI is InChI=1S/C58H39NO/c1-2-13-40(14-3-1)41-25-27-42(28-26-41)43-29-34-47(35-30-43)59(56-23-10-8-19-51(56)46-33-38-58-55(39-46)54-21-9-11-24-57(54)60-58)48-36-31-45(32-37-48)50-18-6-7-20-52(50)53-22-12-16-44-15-4-5-17-49(44)53/h1-39H. The molecule has 11 rings (SSSR count). The molecule has 0 bridgehead atoms. The van der Waals surface area contributed by atoms with Crippen molar-refractivity contribution in [3.8, 4) is 55.6 Å². The molecule has 0 saturated carbocycles. The maximum atomic E-state index is 6.23. The maximum absolute atomic E-state index is 6.23. The number of benzene rings is 10. The molecular weight excluding hydrogens is 727 g/mol. The second-order valence-corrected chi connectivity index (χ2v) is 15.3. The van der Waals surface area contributed by atoms with Gasteiger partial charge in [-0.15, -0.1) is 0 Å². The zero-order valence-corrected chi connectivity index (χ0v) is 32.9. The van der Waals surface area contributed by atoms with Crippen LogP contribution in [0, 0.1) is 0 Å². The number of hydrogen-bond donors (Lipinski definition) is 0. The molecule has 0 aliphatic rings. The predicted molar refractivity (Wildman–Crippen MR) is 253 cm³/mol. The van der Waals surface area contributed by atoms with E-state index in [0.717, 1.165) is 50.1 Å². The third kappa shape index (κ3) is 6.41. The molecule has 0 N–H and O–H groups in total. The van der Waals surface area contributed by atoms with Crippen LogP contribution in [0.25, 0.3) is 88.3 Å². The van der Waals surface area contributed by atoms with Crippen molar-refractivity contribution in [1.29, 1.82) is 0 Å². The summed E-state index contributed by atoms with van der Waals surface area (Å²) in [4.78, 5) is 2.38. The summed E-state index contributed by atoms with van der Waals surface area (Å²) in [6.07, 6.45) is 0. The Bertz CT molecular complexity index is 3280. The van der Waals surface area contributed by atoms with E-state index >= 15 is 0 Å². The smallest absolute Gasteiger partial charge is 0.135 e.